The zero-order valence-electron chi connectivity index (χ0n) is 7.59. The number of carbonyl (C=O) groups is 1. The number of carbonyl (C=O) groups excluding carboxylic acids is 1. The quantitative estimate of drug-likeness (QED) is 0.554. The van der Waals surface area contributed by atoms with Gasteiger partial charge in [0.05, 0.1) is 6.42 Å². The van der Waals surface area contributed by atoms with Crippen molar-refractivity contribution in [2.24, 2.45) is 17.3 Å². The van der Waals surface area contributed by atoms with Crippen LogP contribution in [-0.2, 0) is 9.53 Å². The summed E-state index contributed by atoms with van der Waals surface area (Å²) in [5.41, 5.74) is 0.270. The zero-order chi connectivity index (χ0) is 8.56. The van der Waals surface area contributed by atoms with Crippen LogP contribution in [0.15, 0.2) is 0 Å². The number of fused-ring (bicyclic) bond motifs is 1. The molecule has 1 heterocycles. The summed E-state index contributed by atoms with van der Waals surface area (Å²) in [5.74, 6) is 1.26. The molecule has 3 aliphatic rings. The lowest BCUT2D eigenvalue weighted by atomic mass is 10.0. The van der Waals surface area contributed by atoms with Gasteiger partial charge in [-0.05, 0) is 18.8 Å². The van der Waals surface area contributed by atoms with Gasteiger partial charge in [-0.25, -0.2) is 0 Å². The van der Waals surface area contributed by atoms with E-state index in [0.29, 0.717) is 18.3 Å². The van der Waals surface area contributed by atoms with E-state index in [9.17, 15) is 4.79 Å². The maximum atomic E-state index is 11.1. The van der Waals surface area contributed by atoms with E-state index in [-0.39, 0.29) is 17.0 Å². The van der Waals surface area contributed by atoms with Crippen molar-refractivity contribution in [1.29, 1.82) is 0 Å². The highest BCUT2D eigenvalue weighted by Gasteiger charge is 2.82. The molecule has 2 saturated carbocycles. The second-order valence-corrected chi connectivity index (χ2v) is 5.02. The lowest BCUT2D eigenvalue weighted by Crippen LogP contribution is -2.24. The first-order valence-corrected chi connectivity index (χ1v) is 4.81. The third kappa shape index (κ3) is 0.511. The molecule has 0 radical (unpaired) electrons. The Morgan fingerprint density at radius 1 is 1.42 bits per heavy atom. The van der Waals surface area contributed by atoms with Gasteiger partial charge in [0.25, 0.3) is 0 Å². The Morgan fingerprint density at radius 3 is 2.58 bits per heavy atom. The third-order valence-electron chi connectivity index (χ3n) is 4.15. The fraction of sp³-hybridized carbons (Fsp3) is 0.900. The van der Waals surface area contributed by atoms with Crippen molar-refractivity contribution in [1.82, 2.24) is 0 Å². The molecule has 1 aliphatic heterocycles. The first-order valence-electron chi connectivity index (χ1n) is 4.81. The third-order valence-corrected chi connectivity index (χ3v) is 4.15. The Bertz CT molecular complexity index is 265. The van der Waals surface area contributed by atoms with Gasteiger partial charge in [0, 0.05) is 11.3 Å². The summed E-state index contributed by atoms with van der Waals surface area (Å²) in [6, 6.07) is 0. The van der Waals surface area contributed by atoms with Crippen LogP contribution in [0, 0.1) is 17.3 Å². The number of ether oxygens (including phenoxy) is 1. The number of hydrogen-bond donors (Lipinski definition) is 0. The molecule has 1 saturated heterocycles. The second kappa shape index (κ2) is 1.57. The molecule has 0 aromatic carbocycles. The van der Waals surface area contributed by atoms with Gasteiger partial charge in [-0.15, -0.1) is 0 Å². The van der Waals surface area contributed by atoms with E-state index >= 15 is 0 Å². The lowest BCUT2D eigenvalue weighted by Gasteiger charge is -2.18. The Kier molecular flexibility index (Phi) is 0.906. The molecule has 0 spiro atoms. The predicted octanol–water partition coefficient (Wildman–Crippen LogP) is 1.74. The maximum absolute atomic E-state index is 11.1. The number of hydrogen-bond acceptors (Lipinski definition) is 2. The molecule has 0 N–H and O–H groups in total. The normalized spacial score (nSPS) is 48.5. The number of esters is 1. The maximum Gasteiger partial charge on any atom is 0.306 e. The summed E-state index contributed by atoms with van der Waals surface area (Å²) in [6.45, 7) is 4.48. The van der Waals surface area contributed by atoms with Crippen LogP contribution >= 0.6 is 0 Å². The Morgan fingerprint density at radius 2 is 2.08 bits per heavy atom. The van der Waals surface area contributed by atoms with Crippen LogP contribution in [0.25, 0.3) is 0 Å². The Labute approximate surface area is 72.3 Å². The van der Waals surface area contributed by atoms with E-state index < -0.39 is 0 Å². The molecular weight excluding hydrogens is 152 g/mol. The average molecular weight is 166 g/mol. The molecule has 66 valence electrons. The van der Waals surface area contributed by atoms with Gasteiger partial charge in [0.15, 0.2) is 0 Å². The summed E-state index contributed by atoms with van der Waals surface area (Å²) < 4.78 is 5.52. The molecule has 0 unspecified atom stereocenters. The molecule has 2 atom stereocenters. The first kappa shape index (κ1) is 6.93. The molecule has 0 aromatic heterocycles. The summed E-state index contributed by atoms with van der Waals surface area (Å²) in [7, 11) is 0. The van der Waals surface area contributed by atoms with E-state index in [0.717, 1.165) is 0 Å². The fourth-order valence-electron chi connectivity index (χ4n) is 3.28. The van der Waals surface area contributed by atoms with E-state index in [1.807, 2.05) is 0 Å². The lowest BCUT2D eigenvalue weighted by molar-refractivity contribution is -0.149. The van der Waals surface area contributed by atoms with E-state index in [1.54, 1.807) is 0 Å². The van der Waals surface area contributed by atoms with Gasteiger partial charge >= 0.3 is 5.97 Å². The average Bonchev–Trinajstić information content (AvgIpc) is 2.82. The molecule has 0 aromatic rings. The standard InChI is InChI=1S/C10H14O2/c1-9(2)7-5-8(11)12-10(7,9)6-3-4-6/h6-7H,3-5H2,1-2H3/t7-,10+/m1/s1. The molecule has 2 heteroatoms. The van der Waals surface area contributed by atoms with Gasteiger partial charge in [-0.3, -0.25) is 4.79 Å². The SMILES string of the molecule is CC1(C)[C@H]2CC(=O)O[C@@]21C1CC1. The van der Waals surface area contributed by atoms with Crippen LogP contribution < -0.4 is 0 Å². The first-order chi connectivity index (χ1) is 5.59. The highest BCUT2D eigenvalue weighted by molar-refractivity contribution is 5.76. The van der Waals surface area contributed by atoms with Gasteiger partial charge in [-0.2, -0.15) is 0 Å². The van der Waals surface area contributed by atoms with Crippen molar-refractivity contribution in [3.63, 3.8) is 0 Å². The highest BCUT2D eigenvalue weighted by Crippen LogP contribution is 2.76. The summed E-state index contributed by atoms with van der Waals surface area (Å²) in [4.78, 5) is 11.1. The molecule has 2 nitrogen and oxygen atoms in total. The molecule has 3 fully saturated rings. The minimum absolute atomic E-state index is 0.00984. The molecule has 0 bridgehead atoms. The van der Waals surface area contributed by atoms with Gasteiger partial charge in [-0.1, -0.05) is 13.8 Å². The van der Waals surface area contributed by atoms with Crippen LogP contribution in [0.2, 0.25) is 0 Å². The smallest absolute Gasteiger partial charge is 0.306 e. The van der Waals surface area contributed by atoms with E-state index in [4.69, 9.17) is 4.74 Å². The largest absolute Gasteiger partial charge is 0.458 e. The molecular formula is C10H14O2. The van der Waals surface area contributed by atoms with Crippen LogP contribution in [-0.4, -0.2) is 11.6 Å². The van der Waals surface area contributed by atoms with E-state index in [1.165, 1.54) is 12.8 Å². The second-order valence-electron chi connectivity index (χ2n) is 5.02. The van der Waals surface area contributed by atoms with Crippen molar-refractivity contribution in [3.8, 4) is 0 Å². The zero-order valence-corrected chi connectivity index (χ0v) is 7.59. The van der Waals surface area contributed by atoms with Crippen LogP contribution in [0.5, 0.6) is 0 Å². The summed E-state index contributed by atoms with van der Waals surface area (Å²) in [5, 5.41) is 0. The van der Waals surface area contributed by atoms with Crippen molar-refractivity contribution in [3.05, 3.63) is 0 Å². The molecule has 0 amide bonds. The summed E-state index contributed by atoms with van der Waals surface area (Å²) >= 11 is 0. The van der Waals surface area contributed by atoms with Crippen molar-refractivity contribution in [2.45, 2.75) is 38.7 Å². The predicted molar refractivity (Wildman–Crippen MR) is 43.4 cm³/mol. The van der Waals surface area contributed by atoms with Crippen LogP contribution in [0.1, 0.15) is 33.1 Å². The van der Waals surface area contributed by atoms with Crippen molar-refractivity contribution in [2.75, 3.05) is 0 Å². The Balaban J connectivity index is 1.97. The van der Waals surface area contributed by atoms with Crippen molar-refractivity contribution >= 4 is 5.97 Å². The Hall–Kier alpha value is -0.530. The van der Waals surface area contributed by atoms with Gasteiger partial charge in [0.1, 0.15) is 5.60 Å². The minimum atomic E-state index is -0.00984. The number of rotatable bonds is 1. The topological polar surface area (TPSA) is 26.3 Å². The van der Waals surface area contributed by atoms with E-state index in [2.05, 4.69) is 13.8 Å². The summed E-state index contributed by atoms with van der Waals surface area (Å²) in [6.07, 6.45) is 3.21. The van der Waals surface area contributed by atoms with Crippen LogP contribution in [0.4, 0.5) is 0 Å². The van der Waals surface area contributed by atoms with Crippen LogP contribution in [0.3, 0.4) is 0 Å². The molecule has 3 rings (SSSR count). The van der Waals surface area contributed by atoms with Gasteiger partial charge in [0.2, 0.25) is 0 Å². The fourth-order valence-corrected chi connectivity index (χ4v) is 3.28. The molecule has 12 heavy (non-hydrogen) atoms. The minimum Gasteiger partial charge on any atom is -0.458 e. The van der Waals surface area contributed by atoms with Gasteiger partial charge < -0.3 is 4.74 Å². The monoisotopic (exact) mass is 166 g/mol. The van der Waals surface area contributed by atoms with Crippen molar-refractivity contribution < 1.29 is 9.53 Å². The molecule has 2 aliphatic carbocycles. The highest BCUT2D eigenvalue weighted by atomic mass is 16.6.